The molecule has 128 valence electrons. The van der Waals surface area contributed by atoms with Crippen molar-refractivity contribution in [3.8, 4) is 5.69 Å². The summed E-state index contributed by atoms with van der Waals surface area (Å²) in [5.74, 6) is 1.28. The molecule has 3 aromatic rings. The quantitative estimate of drug-likeness (QED) is 0.784. The summed E-state index contributed by atoms with van der Waals surface area (Å²) in [5, 5.41) is 18.7. The van der Waals surface area contributed by atoms with E-state index in [1.54, 1.807) is 4.68 Å². The van der Waals surface area contributed by atoms with Crippen LogP contribution >= 0.6 is 0 Å². The molecule has 0 bridgehead atoms. The van der Waals surface area contributed by atoms with Gasteiger partial charge in [0.15, 0.2) is 11.5 Å². The van der Waals surface area contributed by atoms with Gasteiger partial charge in [0.05, 0.1) is 11.4 Å². The molecule has 0 atom stereocenters. The number of carbonyl (C=O) groups is 1. The summed E-state index contributed by atoms with van der Waals surface area (Å²) in [4.78, 5) is 12.7. The maximum absolute atomic E-state index is 12.7. The number of hydrogen-bond acceptors (Lipinski definition) is 6. The number of carbonyl (C=O) groups excluding carboxylic acids is 1. The summed E-state index contributed by atoms with van der Waals surface area (Å²) in [6, 6.07) is 7.42. The summed E-state index contributed by atoms with van der Waals surface area (Å²) in [7, 11) is 0. The maximum atomic E-state index is 12.7. The molecule has 8 heteroatoms. The van der Waals surface area contributed by atoms with E-state index in [0.717, 1.165) is 48.5 Å². The number of nitrogens with zero attached hydrogens (tertiary/aromatic N) is 5. The van der Waals surface area contributed by atoms with Gasteiger partial charge in [0.2, 0.25) is 0 Å². The Balaban J connectivity index is 1.66. The minimum absolute atomic E-state index is 0.273. The van der Waals surface area contributed by atoms with E-state index in [0.29, 0.717) is 17.8 Å². The van der Waals surface area contributed by atoms with E-state index in [-0.39, 0.29) is 5.91 Å². The highest BCUT2D eigenvalue weighted by molar-refractivity contribution is 6.05. The molecule has 1 N–H and O–H groups in total. The molecule has 2 aromatic heterocycles. The molecule has 1 amide bonds. The van der Waals surface area contributed by atoms with Crippen molar-refractivity contribution in [1.29, 1.82) is 0 Å². The van der Waals surface area contributed by atoms with E-state index < -0.39 is 0 Å². The number of amides is 1. The number of fused-ring (bicyclic) bond motifs is 1. The first-order chi connectivity index (χ1) is 12.3. The second-order valence-corrected chi connectivity index (χ2v) is 5.97. The third-order valence-corrected chi connectivity index (χ3v) is 4.40. The molecule has 0 saturated carbocycles. The van der Waals surface area contributed by atoms with E-state index in [2.05, 4.69) is 26.0 Å². The number of tetrazole rings is 1. The normalized spacial score (nSPS) is 13.5. The van der Waals surface area contributed by atoms with Gasteiger partial charge in [-0.3, -0.25) is 4.79 Å². The lowest BCUT2D eigenvalue weighted by molar-refractivity contribution is 0.101. The van der Waals surface area contributed by atoms with Gasteiger partial charge in [-0.15, -0.1) is 5.10 Å². The number of para-hydroxylation sites is 2. The number of nitrogens with one attached hydrogen (secondary N) is 1. The van der Waals surface area contributed by atoms with Gasteiger partial charge in [-0.25, -0.2) is 0 Å². The molecular formula is C17H18N6O2. The standard InChI is InChI=1S/C17H18N6O2/c1-2-15-19-21-22-23(15)13-9-5-4-8-12(13)18-17(24)16-11-7-3-6-10-14(11)25-20-16/h4-5,8-9H,2-3,6-7,10H2,1H3,(H,18,24). The zero-order valence-corrected chi connectivity index (χ0v) is 13.9. The molecule has 1 aliphatic carbocycles. The minimum Gasteiger partial charge on any atom is -0.360 e. The molecular weight excluding hydrogens is 320 g/mol. The van der Waals surface area contributed by atoms with Crippen LogP contribution in [0, 0.1) is 0 Å². The Morgan fingerprint density at radius 1 is 1.28 bits per heavy atom. The van der Waals surface area contributed by atoms with Gasteiger partial charge >= 0.3 is 0 Å². The first-order valence-corrected chi connectivity index (χ1v) is 8.43. The van der Waals surface area contributed by atoms with Crippen LogP contribution in [0.4, 0.5) is 5.69 Å². The van der Waals surface area contributed by atoms with Crippen LogP contribution in [0.1, 0.15) is 47.4 Å². The average Bonchev–Trinajstić information content (AvgIpc) is 3.29. The zero-order chi connectivity index (χ0) is 17.2. The molecule has 8 nitrogen and oxygen atoms in total. The highest BCUT2D eigenvalue weighted by Crippen LogP contribution is 2.26. The van der Waals surface area contributed by atoms with Gasteiger partial charge in [0.1, 0.15) is 5.76 Å². The third kappa shape index (κ3) is 2.79. The van der Waals surface area contributed by atoms with Gasteiger partial charge in [0.25, 0.3) is 5.91 Å². The molecule has 0 aliphatic heterocycles. The molecule has 4 rings (SSSR count). The molecule has 1 aromatic carbocycles. The fourth-order valence-corrected chi connectivity index (χ4v) is 3.12. The predicted octanol–water partition coefficient (Wildman–Crippen LogP) is 2.34. The van der Waals surface area contributed by atoms with E-state index >= 15 is 0 Å². The lowest BCUT2D eigenvalue weighted by Crippen LogP contribution is -2.17. The fourth-order valence-electron chi connectivity index (χ4n) is 3.12. The Kier molecular flexibility index (Phi) is 4.01. The predicted molar refractivity (Wildman–Crippen MR) is 89.6 cm³/mol. The van der Waals surface area contributed by atoms with Crippen molar-refractivity contribution >= 4 is 11.6 Å². The van der Waals surface area contributed by atoms with Crippen LogP contribution in [0.2, 0.25) is 0 Å². The van der Waals surface area contributed by atoms with Gasteiger partial charge in [-0.05, 0) is 41.8 Å². The molecule has 0 spiro atoms. The number of aromatic nitrogens is 5. The molecule has 0 saturated heterocycles. The lowest BCUT2D eigenvalue weighted by atomic mass is 9.96. The topological polar surface area (TPSA) is 98.7 Å². The second-order valence-electron chi connectivity index (χ2n) is 5.97. The zero-order valence-electron chi connectivity index (χ0n) is 13.9. The monoisotopic (exact) mass is 338 g/mol. The first-order valence-electron chi connectivity index (χ1n) is 8.43. The average molecular weight is 338 g/mol. The summed E-state index contributed by atoms with van der Waals surface area (Å²) >= 11 is 0. The van der Waals surface area contributed by atoms with Crippen LogP contribution < -0.4 is 5.32 Å². The van der Waals surface area contributed by atoms with Crippen LogP contribution in [0.5, 0.6) is 0 Å². The number of benzene rings is 1. The molecule has 1 aliphatic rings. The Morgan fingerprint density at radius 3 is 3.00 bits per heavy atom. The van der Waals surface area contributed by atoms with Gasteiger partial charge in [-0.2, -0.15) is 4.68 Å². The van der Waals surface area contributed by atoms with Crippen molar-refractivity contribution in [3.05, 3.63) is 47.1 Å². The molecule has 0 unspecified atom stereocenters. The molecule has 25 heavy (non-hydrogen) atoms. The van der Waals surface area contributed by atoms with Crippen molar-refractivity contribution in [3.63, 3.8) is 0 Å². The number of hydrogen-bond donors (Lipinski definition) is 1. The third-order valence-electron chi connectivity index (χ3n) is 4.40. The summed E-state index contributed by atoms with van der Waals surface area (Å²) in [6.07, 6.45) is 4.49. The van der Waals surface area contributed by atoms with E-state index in [9.17, 15) is 4.79 Å². The largest absolute Gasteiger partial charge is 0.360 e. The van der Waals surface area contributed by atoms with E-state index in [1.165, 1.54) is 0 Å². The summed E-state index contributed by atoms with van der Waals surface area (Å²) in [6.45, 7) is 1.98. The SMILES string of the molecule is CCc1nnnn1-c1ccccc1NC(=O)c1noc2c1CCCC2. The minimum atomic E-state index is -0.273. The number of anilines is 1. The lowest BCUT2D eigenvalue weighted by Gasteiger charge is -2.12. The van der Waals surface area contributed by atoms with Crippen molar-refractivity contribution in [1.82, 2.24) is 25.4 Å². The Labute approximate surface area is 144 Å². The van der Waals surface area contributed by atoms with E-state index in [1.807, 2.05) is 31.2 Å². The summed E-state index contributed by atoms with van der Waals surface area (Å²) in [5.41, 5.74) is 2.65. The number of rotatable bonds is 4. The molecule has 0 radical (unpaired) electrons. The highest BCUT2D eigenvalue weighted by atomic mass is 16.5. The van der Waals surface area contributed by atoms with Crippen molar-refractivity contribution in [2.24, 2.45) is 0 Å². The van der Waals surface area contributed by atoms with Crippen molar-refractivity contribution in [2.45, 2.75) is 39.0 Å². The fraction of sp³-hybridized carbons (Fsp3) is 0.353. The molecule has 0 fully saturated rings. The summed E-state index contributed by atoms with van der Waals surface area (Å²) < 4.78 is 6.97. The smallest absolute Gasteiger partial charge is 0.278 e. The molecule has 2 heterocycles. The van der Waals surface area contributed by atoms with E-state index in [4.69, 9.17) is 4.52 Å². The number of aryl methyl sites for hydroxylation is 2. The van der Waals surface area contributed by atoms with Crippen LogP contribution in [-0.2, 0) is 19.3 Å². The highest BCUT2D eigenvalue weighted by Gasteiger charge is 2.24. The first kappa shape index (κ1) is 15.5. The van der Waals surface area contributed by atoms with Crippen molar-refractivity contribution in [2.75, 3.05) is 5.32 Å². The Morgan fingerprint density at radius 2 is 2.12 bits per heavy atom. The van der Waals surface area contributed by atoms with Crippen LogP contribution in [0.25, 0.3) is 5.69 Å². The Bertz CT molecular complexity index is 914. The van der Waals surface area contributed by atoms with Gasteiger partial charge < -0.3 is 9.84 Å². The van der Waals surface area contributed by atoms with Crippen LogP contribution in [-0.4, -0.2) is 31.3 Å². The van der Waals surface area contributed by atoms with Crippen LogP contribution in [0.15, 0.2) is 28.8 Å². The maximum Gasteiger partial charge on any atom is 0.278 e. The second kappa shape index (κ2) is 6.46. The van der Waals surface area contributed by atoms with Gasteiger partial charge in [-0.1, -0.05) is 24.2 Å². The van der Waals surface area contributed by atoms with Crippen molar-refractivity contribution < 1.29 is 9.32 Å². The Hall–Kier alpha value is -3.03. The van der Waals surface area contributed by atoms with Gasteiger partial charge in [0, 0.05) is 18.4 Å². The van der Waals surface area contributed by atoms with Crippen LogP contribution in [0.3, 0.4) is 0 Å².